The standard InChI is InChI=1S/C28H39N5O4/c1-18-12-20(15-30-27(37)31-16-21-9-11-23(34)24(35)13-21)8-10-22(18)17-33-25(36)28(2,32-26(33)29)14-19-6-4-3-5-7-19/h8-13,18-19,22,34-35H,3-7,14-17H2,1-2H3,(H2,29,32)(H2,30,31,37). The van der Waals surface area contributed by atoms with Gasteiger partial charge in [0.05, 0.1) is 0 Å². The topological polar surface area (TPSA) is 140 Å². The van der Waals surface area contributed by atoms with Crippen molar-refractivity contribution in [3.63, 3.8) is 0 Å². The highest BCUT2D eigenvalue weighted by Crippen LogP contribution is 2.36. The van der Waals surface area contributed by atoms with Crippen molar-refractivity contribution in [1.29, 1.82) is 0 Å². The Morgan fingerprint density at radius 1 is 1.16 bits per heavy atom. The first kappa shape index (κ1) is 26.6. The average Bonchev–Trinajstić information content (AvgIpc) is 3.07. The van der Waals surface area contributed by atoms with E-state index in [4.69, 9.17) is 5.73 Å². The highest BCUT2D eigenvalue weighted by atomic mass is 16.3. The second-order valence-corrected chi connectivity index (χ2v) is 10.9. The Kier molecular flexibility index (Phi) is 8.10. The van der Waals surface area contributed by atoms with Crippen LogP contribution in [0.2, 0.25) is 0 Å². The van der Waals surface area contributed by atoms with Crippen molar-refractivity contribution in [3.8, 4) is 11.5 Å². The van der Waals surface area contributed by atoms with E-state index in [1.54, 1.807) is 11.0 Å². The van der Waals surface area contributed by atoms with Gasteiger partial charge in [-0.2, -0.15) is 0 Å². The van der Waals surface area contributed by atoms with Gasteiger partial charge in [-0.1, -0.05) is 63.3 Å². The molecule has 3 atom stereocenters. The minimum absolute atomic E-state index is 0.00577. The molecular formula is C28H39N5O4. The third-order valence-corrected chi connectivity index (χ3v) is 7.80. The summed E-state index contributed by atoms with van der Waals surface area (Å²) in [4.78, 5) is 31.8. The van der Waals surface area contributed by atoms with Gasteiger partial charge >= 0.3 is 6.03 Å². The highest BCUT2D eigenvalue weighted by molar-refractivity contribution is 6.06. The molecule has 1 heterocycles. The molecule has 2 aliphatic carbocycles. The number of amides is 3. The Hall–Kier alpha value is -3.49. The predicted octanol–water partition coefficient (Wildman–Crippen LogP) is 3.53. The number of carbonyl (C=O) groups is 2. The summed E-state index contributed by atoms with van der Waals surface area (Å²) in [5, 5.41) is 24.5. The summed E-state index contributed by atoms with van der Waals surface area (Å²) >= 11 is 0. The smallest absolute Gasteiger partial charge is 0.315 e. The normalized spacial score (nSPS) is 26.1. The molecule has 1 aromatic rings. The summed E-state index contributed by atoms with van der Waals surface area (Å²) in [5.74, 6) is 0.707. The summed E-state index contributed by atoms with van der Waals surface area (Å²) < 4.78 is 0. The minimum Gasteiger partial charge on any atom is -0.504 e. The number of nitrogens with two attached hydrogens (primary N) is 1. The molecule has 1 fully saturated rings. The van der Waals surface area contributed by atoms with E-state index in [9.17, 15) is 19.8 Å². The van der Waals surface area contributed by atoms with Crippen molar-refractivity contribution in [2.24, 2.45) is 28.5 Å². The van der Waals surface area contributed by atoms with E-state index in [2.05, 4.69) is 34.7 Å². The number of aromatic hydroxyl groups is 2. The maximum absolute atomic E-state index is 13.3. The molecule has 0 saturated heterocycles. The molecule has 0 aromatic heterocycles. The SMILES string of the molecule is CC1C=C(CNC(=O)NCc2ccc(O)c(O)c2)C=CC1CN1C(=O)C(C)(CC2CCCCC2)N=C1N. The highest BCUT2D eigenvalue weighted by Gasteiger charge is 2.45. The number of nitrogens with zero attached hydrogens (tertiary/aromatic N) is 2. The van der Waals surface area contributed by atoms with Crippen LogP contribution in [0.1, 0.15) is 57.9 Å². The molecule has 3 amide bonds. The number of phenolic OH excluding ortho intramolecular Hbond substituents is 2. The number of phenols is 2. The lowest BCUT2D eigenvalue weighted by Gasteiger charge is -2.31. The van der Waals surface area contributed by atoms with Crippen LogP contribution in [0.5, 0.6) is 11.5 Å². The van der Waals surface area contributed by atoms with Gasteiger partial charge in [-0.25, -0.2) is 9.79 Å². The summed E-state index contributed by atoms with van der Waals surface area (Å²) in [5.41, 5.74) is 7.14. The number of rotatable bonds is 8. The molecular weight excluding hydrogens is 470 g/mol. The number of aliphatic imine (C=N–C) groups is 1. The summed E-state index contributed by atoms with van der Waals surface area (Å²) in [6.07, 6.45) is 13.0. The maximum Gasteiger partial charge on any atom is 0.315 e. The van der Waals surface area contributed by atoms with Gasteiger partial charge in [0.1, 0.15) is 5.54 Å². The number of benzene rings is 1. The summed E-state index contributed by atoms with van der Waals surface area (Å²) in [6.45, 7) is 5.10. The van der Waals surface area contributed by atoms with E-state index in [0.29, 0.717) is 30.5 Å². The van der Waals surface area contributed by atoms with Gasteiger partial charge < -0.3 is 26.6 Å². The van der Waals surface area contributed by atoms with E-state index in [-0.39, 0.29) is 41.8 Å². The second-order valence-electron chi connectivity index (χ2n) is 10.9. The molecule has 4 rings (SSSR count). The van der Waals surface area contributed by atoms with Crippen LogP contribution in [-0.2, 0) is 11.3 Å². The van der Waals surface area contributed by atoms with Gasteiger partial charge in [0.15, 0.2) is 17.5 Å². The third-order valence-electron chi connectivity index (χ3n) is 7.80. The van der Waals surface area contributed by atoms with Gasteiger partial charge in [0, 0.05) is 25.6 Å². The molecule has 1 saturated carbocycles. The molecule has 1 aromatic carbocycles. The van der Waals surface area contributed by atoms with Crippen LogP contribution >= 0.6 is 0 Å². The quantitative estimate of drug-likeness (QED) is 0.341. The van der Waals surface area contributed by atoms with Crippen molar-refractivity contribution < 1.29 is 19.8 Å². The fourth-order valence-corrected chi connectivity index (χ4v) is 5.62. The monoisotopic (exact) mass is 509 g/mol. The Balaban J connectivity index is 1.25. The molecule has 3 unspecified atom stereocenters. The van der Waals surface area contributed by atoms with Crippen LogP contribution in [0.3, 0.4) is 0 Å². The van der Waals surface area contributed by atoms with Crippen LogP contribution in [-0.4, -0.2) is 51.6 Å². The molecule has 3 aliphatic rings. The van der Waals surface area contributed by atoms with Crippen LogP contribution in [0, 0.1) is 17.8 Å². The minimum atomic E-state index is -0.759. The first-order chi connectivity index (χ1) is 17.6. The number of hydrogen-bond acceptors (Lipinski definition) is 6. The zero-order chi connectivity index (χ0) is 26.6. The Bertz CT molecular complexity index is 1110. The lowest BCUT2D eigenvalue weighted by Crippen LogP contribution is -2.46. The van der Waals surface area contributed by atoms with Crippen LogP contribution in [0.15, 0.2) is 47.0 Å². The van der Waals surface area contributed by atoms with Gasteiger partial charge in [-0.15, -0.1) is 0 Å². The van der Waals surface area contributed by atoms with Crippen molar-refractivity contribution in [3.05, 3.63) is 47.6 Å². The van der Waals surface area contributed by atoms with Crippen LogP contribution in [0.4, 0.5) is 4.79 Å². The van der Waals surface area contributed by atoms with E-state index in [1.165, 1.54) is 44.2 Å². The lowest BCUT2D eigenvalue weighted by atomic mass is 9.80. The first-order valence-corrected chi connectivity index (χ1v) is 13.2. The Labute approximate surface area is 218 Å². The third kappa shape index (κ3) is 6.45. The van der Waals surface area contributed by atoms with Crippen LogP contribution in [0.25, 0.3) is 0 Å². The van der Waals surface area contributed by atoms with E-state index in [1.807, 2.05) is 13.0 Å². The van der Waals surface area contributed by atoms with Crippen molar-refractivity contribution >= 4 is 17.9 Å². The predicted molar refractivity (Wildman–Crippen MR) is 143 cm³/mol. The molecule has 0 spiro atoms. The van der Waals surface area contributed by atoms with E-state index < -0.39 is 5.54 Å². The molecule has 200 valence electrons. The molecule has 9 nitrogen and oxygen atoms in total. The summed E-state index contributed by atoms with van der Waals surface area (Å²) in [7, 11) is 0. The van der Waals surface area contributed by atoms with Crippen molar-refractivity contribution in [2.45, 2.75) is 64.5 Å². The van der Waals surface area contributed by atoms with Crippen molar-refractivity contribution in [1.82, 2.24) is 15.5 Å². The second kappa shape index (κ2) is 11.3. The van der Waals surface area contributed by atoms with Gasteiger partial charge in [-0.3, -0.25) is 9.69 Å². The lowest BCUT2D eigenvalue weighted by molar-refractivity contribution is -0.131. The number of nitrogens with one attached hydrogen (secondary N) is 2. The van der Waals surface area contributed by atoms with Crippen molar-refractivity contribution in [2.75, 3.05) is 13.1 Å². The largest absolute Gasteiger partial charge is 0.504 e. The fraction of sp³-hybridized carbons (Fsp3) is 0.536. The number of hydrogen-bond donors (Lipinski definition) is 5. The molecule has 0 radical (unpaired) electrons. The number of guanidine groups is 1. The number of urea groups is 1. The fourth-order valence-electron chi connectivity index (χ4n) is 5.62. The van der Waals surface area contributed by atoms with E-state index in [0.717, 1.165) is 12.0 Å². The summed E-state index contributed by atoms with van der Waals surface area (Å²) in [6, 6.07) is 4.09. The first-order valence-electron chi connectivity index (χ1n) is 13.2. The maximum atomic E-state index is 13.3. The molecule has 9 heteroatoms. The molecule has 37 heavy (non-hydrogen) atoms. The zero-order valence-corrected chi connectivity index (χ0v) is 21.7. The number of carbonyl (C=O) groups excluding carboxylic acids is 2. The van der Waals surface area contributed by atoms with Gasteiger partial charge in [-0.05, 0) is 48.4 Å². The zero-order valence-electron chi connectivity index (χ0n) is 21.7. The molecule has 1 aliphatic heterocycles. The van der Waals surface area contributed by atoms with Crippen LogP contribution < -0.4 is 16.4 Å². The van der Waals surface area contributed by atoms with Gasteiger partial charge in [0.25, 0.3) is 5.91 Å². The van der Waals surface area contributed by atoms with Gasteiger partial charge in [0.2, 0.25) is 0 Å². The Morgan fingerprint density at radius 3 is 2.59 bits per heavy atom. The Morgan fingerprint density at radius 2 is 1.89 bits per heavy atom. The number of allylic oxidation sites excluding steroid dienone is 1. The molecule has 0 bridgehead atoms. The average molecular weight is 510 g/mol. The van der Waals surface area contributed by atoms with E-state index >= 15 is 0 Å². The molecule has 6 N–H and O–H groups in total.